The molecule has 3 rings (SSSR count). The summed E-state index contributed by atoms with van der Waals surface area (Å²) < 4.78 is 0. The molecule has 2 N–H and O–H groups in total. The minimum Gasteiger partial charge on any atom is -0.370 e. The van der Waals surface area contributed by atoms with Crippen LogP contribution in [0, 0.1) is 5.92 Å². The molecule has 0 aliphatic heterocycles. The Labute approximate surface area is 150 Å². The van der Waals surface area contributed by atoms with Crippen LogP contribution in [0.3, 0.4) is 0 Å². The van der Waals surface area contributed by atoms with Gasteiger partial charge >= 0.3 is 0 Å². The number of nitrogens with zero attached hydrogens (tertiary/aromatic N) is 4. The maximum atomic E-state index is 4.50. The summed E-state index contributed by atoms with van der Waals surface area (Å²) in [5.74, 6) is 2.67. The van der Waals surface area contributed by atoms with Gasteiger partial charge in [0.15, 0.2) is 0 Å². The zero-order valence-corrected chi connectivity index (χ0v) is 15.6. The normalized spacial score (nSPS) is 20.8. The molecule has 6 nitrogen and oxygen atoms in total. The van der Waals surface area contributed by atoms with Crippen molar-refractivity contribution in [3.8, 4) is 0 Å². The third-order valence-corrected chi connectivity index (χ3v) is 4.97. The molecule has 0 bridgehead atoms. The molecule has 136 valence electrons. The van der Waals surface area contributed by atoms with Crippen molar-refractivity contribution in [2.24, 2.45) is 5.92 Å². The zero-order chi connectivity index (χ0) is 17.6. The van der Waals surface area contributed by atoms with E-state index in [0.29, 0.717) is 6.04 Å². The zero-order valence-electron chi connectivity index (χ0n) is 15.6. The van der Waals surface area contributed by atoms with Gasteiger partial charge in [0.1, 0.15) is 18.0 Å². The summed E-state index contributed by atoms with van der Waals surface area (Å²) in [6.45, 7) is 4.32. The average Bonchev–Trinajstić information content (AvgIpc) is 2.61. The van der Waals surface area contributed by atoms with Crippen LogP contribution < -0.4 is 10.6 Å². The van der Waals surface area contributed by atoms with Gasteiger partial charge < -0.3 is 15.5 Å². The molecule has 2 heterocycles. The van der Waals surface area contributed by atoms with E-state index in [0.717, 1.165) is 48.0 Å². The van der Waals surface area contributed by atoms with Crippen molar-refractivity contribution in [1.29, 1.82) is 0 Å². The third kappa shape index (κ3) is 5.01. The van der Waals surface area contributed by atoms with E-state index in [1.54, 1.807) is 6.33 Å². The largest absolute Gasteiger partial charge is 0.370 e. The minimum atomic E-state index is 0.513. The molecule has 1 fully saturated rings. The highest BCUT2D eigenvalue weighted by Crippen LogP contribution is 2.28. The van der Waals surface area contributed by atoms with Crippen LogP contribution in [0.5, 0.6) is 0 Å². The van der Waals surface area contributed by atoms with Crippen LogP contribution in [-0.4, -0.2) is 53.1 Å². The van der Waals surface area contributed by atoms with Gasteiger partial charge in [-0.1, -0.05) is 6.92 Å². The number of hydrogen-bond acceptors (Lipinski definition) is 6. The van der Waals surface area contributed by atoms with Crippen LogP contribution in [-0.2, 0) is 0 Å². The van der Waals surface area contributed by atoms with Crippen molar-refractivity contribution >= 4 is 22.5 Å². The van der Waals surface area contributed by atoms with Crippen molar-refractivity contribution in [3.05, 3.63) is 18.6 Å². The Kier molecular flexibility index (Phi) is 6.02. The summed E-state index contributed by atoms with van der Waals surface area (Å²) in [5, 5.41) is 8.10. The molecule has 2 aromatic rings. The lowest BCUT2D eigenvalue weighted by Crippen LogP contribution is -2.25. The first kappa shape index (κ1) is 17.9. The first-order valence-corrected chi connectivity index (χ1v) is 9.37. The fraction of sp³-hybridized carbons (Fsp3) is 0.632. The van der Waals surface area contributed by atoms with Crippen LogP contribution in [0.4, 0.5) is 11.6 Å². The number of pyridine rings is 1. The van der Waals surface area contributed by atoms with E-state index in [9.17, 15) is 0 Å². The lowest BCUT2D eigenvalue weighted by atomic mass is 9.87. The quantitative estimate of drug-likeness (QED) is 0.752. The van der Waals surface area contributed by atoms with Gasteiger partial charge in [-0.3, -0.25) is 0 Å². The molecule has 0 unspecified atom stereocenters. The van der Waals surface area contributed by atoms with E-state index in [1.165, 1.54) is 25.7 Å². The second-order valence-corrected chi connectivity index (χ2v) is 7.49. The van der Waals surface area contributed by atoms with Crippen molar-refractivity contribution in [3.63, 3.8) is 0 Å². The van der Waals surface area contributed by atoms with E-state index in [-0.39, 0.29) is 0 Å². The van der Waals surface area contributed by atoms with Crippen LogP contribution >= 0.6 is 0 Å². The molecule has 0 amide bonds. The SMILES string of the molecule is CC1CCC(Nc2ncnc3cnc(NCCCN(C)C)cc23)CC1. The number of nitrogens with one attached hydrogen (secondary N) is 2. The van der Waals surface area contributed by atoms with Gasteiger partial charge in [0.25, 0.3) is 0 Å². The molecule has 0 spiro atoms. The molecule has 0 radical (unpaired) electrons. The summed E-state index contributed by atoms with van der Waals surface area (Å²) in [6.07, 6.45) is 9.56. The highest BCUT2D eigenvalue weighted by atomic mass is 15.1. The summed E-state index contributed by atoms with van der Waals surface area (Å²) in [5.41, 5.74) is 0.889. The van der Waals surface area contributed by atoms with Crippen molar-refractivity contribution in [2.75, 3.05) is 37.8 Å². The number of rotatable bonds is 7. The Morgan fingerprint density at radius 2 is 1.92 bits per heavy atom. The lowest BCUT2D eigenvalue weighted by molar-refractivity contribution is 0.361. The Morgan fingerprint density at radius 3 is 2.68 bits per heavy atom. The molecule has 25 heavy (non-hydrogen) atoms. The van der Waals surface area contributed by atoms with Crippen LogP contribution in [0.2, 0.25) is 0 Å². The average molecular weight is 342 g/mol. The van der Waals surface area contributed by atoms with E-state index in [1.807, 2.05) is 6.20 Å². The van der Waals surface area contributed by atoms with Gasteiger partial charge in [0.2, 0.25) is 0 Å². The van der Waals surface area contributed by atoms with E-state index < -0.39 is 0 Å². The van der Waals surface area contributed by atoms with Gasteiger partial charge in [0.05, 0.1) is 11.7 Å². The second kappa shape index (κ2) is 8.43. The Hall–Kier alpha value is -1.95. The van der Waals surface area contributed by atoms with E-state index in [2.05, 4.69) is 57.6 Å². The predicted octanol–water partition coefficient (Wildman–Crippen LogP) is 3.38. The van der Waals surface area contributed by atoms with Gasteiger partial charge in [0, 0.05) is 18.0 Å². The Morgan fingerprint density at radius 1 is 1.12 bits per heavy atom. The molecule has 2 aromatic heterocycles. The van der Waals surface area contributed by atoms with Crippen LogP contribution in [0.1, 0.15) is 39.0 Å². The van der Waals surface area contributed by atoms with Gasteiger partial charge in [-0.2, -0.15) is 0 Å². The standard InChI is InChI=1S/C19H30N6/c1-14-5-7-15(8-6-14)24-19-16-11-18(20-9-4-10-25(2)3)21-12-17(16)22-13-23-19/h11-15H,4-10H2,1-3H3,(H,20,21)(H,22,23,24). The van der Waals surface area contributed by atoms with E-state index >= 15 is 0 Å². The third-order valence-electron chi connectivity index (χ3n) is 4.97. The number of aromatic nitrogens is 3. The molecule has 6 heteroatoms. The van der Waals surface area contributed by atoms with Gasteiger partial charge in [-0.15, -0.1) is 0 Å². The van der Waals surface area contributed by atoms with Crippen molar-refractivity contribution in [2.45, 2.75) is 45.1 Å². The van der Waals surface area contributed by atoms with E-state index in [4.69, 9.17) is 0 Å². The summed E-state index contributed by atoms with van der Waals surface area (Å²) in [6, 6.07) is 2.58. The number of fused-ring (bicyclic) bond motifs is 1. The first-order valence-electron chi connectivity index (χ1n) is 9.37. The second-order valence-electron chi connectivity index (χ2n) is 7.49. The highest BCUT2D eigenvalue weighted by molar-refractivity contribution is 5.90. The fourth-order valence-corrected chi connectivity index (χ4v) is 3.38. The maximum Gasteiger partial charge on any atom is 0.137 e. The van der Waals surface area contributed by atoms with Crippen LogP contribution in [0.25, 0.3) is 10.9 Å². The fourth-order valence-electron chi connectivity index (χ4n) is 3.38. The Balaban J connectivity index is 1.69. The molecule has 0 aromatic carbocycles. The van der Waals surface area contributed by atoms with Crippen molar-refractivity contribution in [1.82, 2.24) is 19.9 Å². The molecule has 1 aliphatic rings. The summed E-state index contributed by atoms with van der Waals surface area (Å²) >= 11 is 0. The molecule has 1 aliphatic carbocycles. The Bertz CT molecular complexity index is 679. The first-order chi connectivity index (χ1) is 12.1. The minimum absolute atomic E-state index is 0.513. The molecule has 0 atom stereocenters. The topological polar surface area (TPSA) is 66.0 Å². The molecule has 1 saturated carbocycles. The maximum absolute atomic E-state index is 4.50. The number of anilines is 2. The molecular formula is C19H30N6. The van der Waals surface area contributed by atoms with Crippen molar-refractivity contribution < 1.29 is 0 Å². The lowest BCUT2D eigenvalue weighted by Gasteiger charge is -2.27. The highest BCUT2D eigenvalue weighted by Gasteiger charge is 2.19. The van der Waals surface area contributed by atoms with Gasteiger partial charge in [-0.25, -0.2) is 15.0 Å². The smallest absolute Gasteiger partial charge is 0.137 e. The summed E-state index contributed by atoms with van der Waals surface area (Å²) in [4.78, 5) is 15.5. The monoisotopic (exact) mass is 342 g/mol. The van der Waals surface area contributed by atoms with Gasteiger partial charge in [-0.05, 0) is 64.7 Å². The van der Waals surface area contributed by atoms with Crippen LogP contribution in [0.15, 0.2) is 18.6 Å². The summed E-state index contributed by atoms with van der Waals surface area (Å²) in [7, 11) is 4.19. The predicted molar refractivity (Wildman–Crippen MR) is 104 cm³/mol. The number of hydrogen-bond donors (Lipinski definition) is 2. The molecule has 0 saturated heterocycles. The molecular weight excluding hydrogens is 312 g/mol.